The Kier molecular flexibility index (Phi) is 5.76. The number of hydrogen-bond donors (Lipinski definition) is 1. The molecular formula is C10H17F3N2O. The van der Waals surface area contributed by atoms with Crippen molar-refractivity contribution in [3.63, 3.8) is 0 Å². The molecule has 16 heavy (non-hydrogen) atoms. The van der Waals surface area contributed by atoms with Gasteiger partial charge in [-0.2, -0.15) is 18.4 Å². The first-order valence-corrected chi connectivity index (χ1v) is 5.01. The minimum atomic E-state index is -4.27. The first-order chi connectivity index (χ1) is 7.20. The lowest BCUT2D eigenvalue weighted by atomic mass is 9.91. The Labute approximate surface area is 93.5 Å². The number of rotatable bonds is 6. The Morgan fingerprint density at radius 2 is 1.81 bits per heavy atom. The van der Waals surface area contributed by atoms with Gasteiger partial charge in [0.25, 0.3) is 0 Å². The molecule has 0 spiro atoms. The molecule has 6 heteroatoms. The highest BCUT2D eigenvalue weighted by molar-refractivity contribution is 4.92. The van der Waals surface area contributed by atoms with Gasteiger partial charge in [0.05, 0.1) is 24.6 Å². The summed E-state index contributed by atoms with van der Waals surface area (Å²) in [4.78, 5) is 1.11. The number of nitrogens with zero attached hydrogens (tertiary/aromatic N) is 2. The van der Waals surface area contributed by atoms with Crippen molar-refractivity contribution in [2.24, 2.45) is 5.41 Å². The van der Waals surface area contributed by atoms with Crippen LogP contribution in [0, 0.1) is 16.7 Å². The fraction of sp³-hybridized carbons (Fsp3) is 0.900. The fourth-order valence-corrected chi connectivity index (χ4v) is 1.16. The monoisotopic (exact) mass is 238 g/mol. The van der Waals surface area contributed by atoms with Crippen LogP contribution >= 0.6 is 0 Å². The molecule has 1 N–H and O–H groups in total. The van der Waals surface area contributed by atoms with Gasteiger partial charge >= 0.3 is 6.18 Å². The maximum atomic E-state index is 12.1. The molecule has 0 unspecified atom stereocenters. The van der Waals surface area contributed by atoms with Crippen LogP contribution in [0.3, 0.4) is 0 Å². The number of alkyl halides is 3. The van der Waals surface area contributed by atoms with E-state index in [-0.39, 0.29) is 19.7 Å². The topological polar surface area (TPSA) is 47.3 Å². The summed E-state index contributed by atoms with van der Waals surface area (Å²) in [5.74, 6) is 0. The van der Waals surface area contributed by atoms with Crippen LogP contribution < -0.4 is 0 Å². The lowest BCUT2D eigenvalue weighted by molar-refractivity contribution is -0.147. The summed E-state index contributed by atoms with van der Waals surface area (Å²) in [6, 6.07) is 2.03. The number of aliphatic hydroxyl groups excluding tert-OH is 1. The third kappa shape index (κ3) is 7.49. The van der Waals surface area contributed by atoms with Crippen LogP contribution in [-0.2, 0) is 0 Å². The minimum Gasteiger partial charge on any atom is -0.395 e. The van der Waals surface area contributed by atoms with Crippen LogP contribution in [-0.4, -0.2) is 42.4 Å². The van der Waals surface area contributed by atoms with E-state index in [9.17, 15) is 13.2 Å². The molecule has 0 saturated carbocycles. The van der Waals surface area contributed by atoms with Crippen LogP contribution in [0.25, 0.3) is 0 Å². The maximum Gasteiger partial charge on any atom is 0.401 e. The third-order valence-electron chi connectivity index (χ3n) is 2.17. The Balaban J connectivity index is 4.20. The van der Waals surface area contributed by atoms with E-state index in [0.717, 1.165) is 4.90 Å². The zero-order valence-electron chi connectivity index (χ0n) is 9.51. The second-order valence-electron chi connectivity index (χ2n) is 4.36. The summed E-state index contributed by atoms with van der Waals surface area (Å²) in [6.07, 6.45) is -3.93. The molecule has 0 bridgehead atoms. The molecule has 0 aliphatic rings. The van der Waals surface area contributed by atoms with Gasteiger partial charge in [0, 0.05) is 13.1 Å². The summed E-state index contributed by atoms with van der Waals surface area (Å²) in [6.45, 7) is 2.12. The highest BCUT2D eigenvalue weighted by Crippen LogP contribution is 2.21. The molecule has 0 rings (SSSR count). The second kappa shape index (κ2) is 6.06. The summed E-state index contributed by atoms with van der Waals surface area (Å²) >= 11 is 0. The van der Waals surface area contributed by atoms with Crippen molar-refractivity contribution in [2.45, 2.75) is 26.4 Å². The van der Waals surface area contributed by atoms with Crippen molar-refractivity contribution < 1.29 is 18.3 Å². The molecule has 0 heterocycles. The highest BCUT2D eigenvalue weighted by Gasteiger charge is 2.31. The van der Waals surface area contributed by atoms with Gasteiger partial charge in [-0.15, -0.1) is 0 Å². The Hall–Kier alpha value is -0.800. The molecule has 94 valence electrons. The first kappa shape index (κ1) is 15.2. The van der Waals surface area contributed by atoms with E-state index in [4.69, 9.17) is 10.4 Å². The van der Waals surface area contributed by atoms with E-state index in [1.54, 1.807) is 13.8 Å². The molecule has 0 radical (unpaired) electrons. The Morgan fingerprint density at radius 3 is 2.19 bits per heavy atom. The van der Waals surface area contributed by atoms with Crippen LogP contribution in [0.1, 0.15) is 20.3 Å². The number of halogens is 3. The molecule has 0 amide bonds. The minimum absolute atomic E-state index is 0.0268. The van der Waals surface area contributed by atoms with Gasteiger partial charge in [-0.1, -0.05) is 0 Å². The quantitative estimate of drug-likeness (QED) is 0.767. The standard InChI is InChI=1S/C10H17F3N2O/c1-9(2,7-14)3-4-15(5-6-16)8-10(11,12)13/h16H,3-6,8H2,1-2H3. The summed E-state index contributed by atoms with van der Waals surface area (Å²) in [5.41, 5.74) is -0.640. The fourth-order valence-electron chi connectivity index (χ4n) is 1.16. The number of aliphatic hydroxyl groups is 1. The molecule has 0 atom stereocenters. The zero-order valence-corrected chi connectivity index (χ0v) is 9.51. The molecule has 0 fully saturated rings. The predicted octanol–water partition coefficient (Wildman–Crippen LogP) is 1.78. The Morgan fingerprint density at radius 1 is 1.25 bits per heavy atom. The second-order valence-corrected chi connectivity index (χ2v) is 4.36. The van der Waals surface area contributed by atoms with Gasteiger partial charge in [-0.3, -0.25) is 4.90 Å². The van der Waals surface area contributed by atoms with E-state index in [1.807, 2.05) is 6.07 Å². The van der Waals surface area contributed by atoms with Crippen LogP contribution in [0.5, 0.6) is 0 Å². The Bertz CT molecular complexity index is 245. The largest absolute Gasteiger partial charge is 0.401 e. The van der Waals surface area contributed by atoms with Crippen molar-refractivity contribution in [3.8, 4) is 6.07 Å². The average molecular weight is 238 g/mol. The SMILES string of the molecule is CC(C)(C#N)CCN(CCO)CC(F)(F)F. The van der Waals surface area contributed by atoms with Gasteiger partial charge < -0.3 is 5.11 Å². The maximum absolute atomic E-state index is 12.1. The van der Waals surface area contributed by atoms with Gasteiger partial charge in [0.2, 0.25) is 0 Å². The molecule has 0 aromatic rings. The predicted molar refractivity (Wildman–Crippen MR) is 53.6 cm³/mol. The smallest absolute Gasteiger partial charge is 0.395 e. The van der Waals surface area contributed by atoms with Crippen molar-refractivity contribution in [1.29, 1.82) is 5.26 Å². The molecule has 0 aliphatic heterocycles. The van der Waals surface area contributed by atoms with E-state index in [0.29, 0.717) is 6.42 Å². The summed E-state index contributed by atoms with van der Waals surface area (Å²) in [5, 5.41) is 17.4. The van der Waals surface area contributed by atoms with E-state index < -0.39 is 18.1 Å². The van der Waals surface area contributed by atoms with E-state index >= 15 is 0 Å². The van der Waals surface area contributed by atoms with Crippen molar-refractivity contribution >= 4 is 0 Å². The molecule has 0 saturated heterocycles. The van der Waals surface area contributed by atoms with Crippen molar-refractivity contribution in [3.05, 3.63) is 0 Å². The van der Waals surface area contributed by atoms with Crippen molar-refractivity contribution in [2.75, 3.05) is 26.2 Å². The molecule has 0 aliphatic carbocycles. The van der Waals surface area contributed by atoms with Gasteiger partial charge in [0.15, 0.2) is 0 Å². The lowest BCUT2D eigenvalue weighted by Crippen LogP contribution is -2.38. The summed E-state index contributed by atoms with van der Waals surface area (Å²) in [7, 11) is 0. The number of nitriles is 1. The first-order valence-electron chi connectivity index (χ1n) is 5.01. The average Bonchev–Trinajstić information content (AvgIpc) is 2.13. The van der Waals surface area contributed by atoms with Gasteiger partial charge in [-0.05, 0) is 20.3 Å². The lowest BCUT2D eigenvalue weighted by Gasteiger charge is -2.25. The van der Waals surface area contributed by atoms with E-state index in [1.165, 1.54) is 0 Å². The van der Waals surface area contributed by atoms with Gasteiger partial charge in [-0.25, -0.2) is 0 Å². The highest BCUT2D eigenvalue weighted by atomic mass is 19.4. The van der Waals surface area contributed by atoms with Gasteiger partial charge in [0.1, 0.15) is 0 Å². The molecule has 0 aromatic carbocycles. The molecule has 3 nitrogen and oxygen atoms in total. The van der Waals surface area contributed by atoms with E-state index in [2.05, 4.69) is 0 Å². The normalized spacial score (nSPS) is 12.9. The van der Waals surface area contributed by atoms with Crippen LogP contribution in [0.4, 0.5) is 13.2 Å². The van der Waals surface area contributed by atoms with Crippen molar-refractivity contribution in [1.82, 2.24) is 4.90 Å². The molecular weight excluding hydrogens is 221 g/mol. The van der Waals surface area contributed by atoms with Crippen LogP contribution in [0.2, 0.25) is 0 Å². The van der Waals surface area contributed by atoms with Crippen LogP contribution in [0.15, 0.2) is 0 Å². The summed E-state index contributed by atoms with van der Waals surface area (Å²) < 4.78 is 36.4. The zero-order chi connectivity index (χ0) is 12.8. The third-order valence-corrected chi connectivity index (χ3v) is 2.17. The number of hydrogen-bond acceptors (Lipinski definition) is 3. The molecule has 0 aromatic heterocycles.